The molecule has 10 nitrogen and oxygen atoms in total. The molecule has 0 fully saturated rings. The average molecular weight is 604 g/mol. The molecule has 0 aliphatic carbocycles. The molecule has 2 aromatic carbocycles. The zero-order valence-electron chi connectivity index (χ0n) is 18.2. The summed E-state index contributed by atoms with van der Waals surface area (Å²) in [5, 5.41) is 8.57. The van der Waals surface area contributed by atoms with Crippen molar-refractivity contribution in [2.45, 2.75) is 0 Å². The number of carbonyl (C=O) groups is 1. The van der Waals surface area contributed by atoms with Crippen LogP contribution in [0.1, 0.15) is 0 Å². The van der Waals surface area contributed by atoms with Gasteiger partial charge in [-0.15, -0.1) is 0 Å². The fourth-order valence-electron chi connectivity index (χ4n) is 2.79. The maximum Gasteiger partial charge on any atom is 0.511 e. The van der Waals surface area contributed by atoms with Crippen LogP contribution in [0.25, 0.3) is 22.1 Å². The molecule has 1 heterocycles. The largest absolute Gasteiger partial charge is 0.511 e. The summed E-state index contributed by atoms with van der Waals surface area (Å²) in [7, 11) is 0. The number of benzene rings is 2. The number of fused-ring (bicyclic) bond motifs is 2. The van der Waals surface area contributed by atoms with E-state index in [2.05, 4.69) is 41.8 Å². The zero-order chi connectivity index (χ0) is 24.2. The Labute approximate surface area is 212 Å². The Balaban J connectivity index is 1.38. The summed E-state index contributed by atoms with van der Waals surface area (Å²) < 4.78 is 32.6. The highest BCUT2D eigenvalue weighted by Gasteiger charge is 2.16. The quantitative estimate of drug-likeness (QED) is 0.126. The minimum absolute atomic E-state index is 0.0114. The Hall–Kier alpha value is -2.09. The predicted molar refractivity (Wildman–Crippen MR) is 130 cm³/mol. The van der Waals surface area contributed by atoms with Crippen LogP contribution in [-0.2, 0) is 23.7 Å². The molecule has 0 atom stereocenters. The van der Waals surface area contributed by atoms with Crippen molar-refractivity contribution in [3.63, 3.8) is 0 Å². The second kappa shape index (κ2) is 14.3. The highest BCUT2D eigenvalue weighted by atomic mass is 79.9. The normalized spacial score (nSPS) is 11.1. The molecule has 0 bridgehead atoms. The average Bonchev–Trinajstić information content (AvgIpc) is 2.83. The van der Waals surface area contributed by atoms with Crippen LogP contribution in [0.2, 0.25) is 0 Å². The number of hydrogen-bond donors (Lipinski definition) is 1. The Bertz CT molecular complexity index is 1090. The van der Waals surface area contributed by atoms with Crippen molar-refractivity contribution >= 4 is 60.1 Å². The van der Waals surface area contributed by atoms with Gasteiger partial charge in [0.25, 0.3) is 0 Å². The number of ether oxygens (including phenoxy) is 6. The first kappa shape index (κ1) is 26.5. The molecule has 12 heteroatoms. The number of aliphatic hydroxyl groups excluding tert-OH is 1. The minimum Gasteiger partial charge on any atom is -0.454 e. The van der Waals surface area contributed by atoms with Crippen LogP contribution in [0.4, 0.5) is 4.79 Å². The molecule has 3 aromatic rings. The van der Waals surface area contributed by atoms with Gasteiger partial charge in [0.05, 0.1) is 61.8 Å². The number of hydrogen-bond acceptors (Lipinski definition) is 10. The van der Waals surface area contributed by atoms with Crippen molar-refractivity contribution in [3.05, 3.63) is 39.3 Å². The summed E-state index contributed by atoms with van der Waals surface area (Å²) in [5.74, 6) is 0.398. The Kier molecular flexibility index (Phi) is 11.2. The van der Waals surface area contributed by atoms with Gasteiger partial charge in [-0.3, -0.25) is 0 Å². The summed E-state index contributed by atoms with van der Waals surface area (Å²) >= 11 is 6.95. The topological polar surface area (TPSA) is 118 Å². The van der Waals surface area contributed by atoms with Gasteiger partial charge in [-0.05, 0) is 50.1 Å². The molecule has 0 aliphatic rings. The first-order valence-electron chi connectivity index (χ1n) is 10.4. The molecule has 0 aliphatic heterocycles. The van der Waals surface area contributed by atoms with E-state index in [-0.39, 0.29) is 26.6 Å². The summed E-state index contributed by atoms with van der Waals surface area (Å²) in [6.07, 6.45) is -0.880. The van der Waals surface area contributed by atoms with E-state index in [4.69, 9.17) is 33.5 Å². The van der Waals surface area contributed by atoms with E-state index in [1.165, 1.54) is 0 Å². The molecule has 1 aromatic heterocycles. The Morgan fingerprint density at radius 2 is 1.38 bits per heavy atom. The summed E-state index contributed by atoms with van der Waals surface area (Å²) in [6, 6.07) is 9.30. The highest BCUT2D eigenvalue weighted by molar-refractivity contribution is 9.11. The van der Waals surface area contributed by atoms with Crippen molar-refractivity contribution in [1.29, 1.82) is 0 Å². The van der Waals surface area contributed by atoms with Crippen LogP contribution in [-0.4, -0.2) is 80.9 Å². The van der Waals surface area contributed by atoms with E-state index in [9.17, 15) is 4.79 Å². The van der Waals surface area contributed by atoms with Crippen molar-refractivity contribution < 1.29 is 38.3 Å². The van der Waals surface area contributed by atoms with Gasteiger partial charge in [0, 0.05) is 4.47 Å². The molecule has 0 amide bonds. The lowest BCUT2D eigenvalue weighted by molar-refractivity contribution is -0.0192. The van der Waals surface area contributed by atoms with E-state index in [1.807, 2.05) is 24.3 Å². The van der Waals surface area contributed by atoms with Crippen LogP contribution < -0.4 is 4.74 Å². The van der Waals surface area contributed by atoms with Crippen molar-refractivity contribution in [3.8, 4) is 5.75 Å². The molecule has 184 valence electrons. The molecule has 0 saturated carbocycles. The van der Waals surface area contributed by atoms with Crippen LogP contribution in [0.5, 0.6) is 5.75 Å². The molecular weight excluding hydrogens is 580 g/mol. The molecule has 1 N–H and O–H groups in total. The first-order chi connectivity index (χ1) is 16.6. The van der Waals surface area contributed by atoms with Gasteiger partial charge in [-0.1, -0.05) is 12.1 Å². The highest BCUT2D eigenvalue weighted by Crippen LogP contribution is 2.37. The van der Waals surface area contributed by atoms with Crippen LogP contribution >= 0.6 is 31.9 Å². The number of para-hydroxylation sites is 2. The third kappa shape index (κ3) is 8.00. The number of halogens is 2. The molecule has 34 heavy (non-hydrogen) atoms. The van der Waals surface area contributed by atoms with Gasteiger partial charge in [-0.2, -0.15) is 0 Å². The first-order valence-corrected chi connectivity index (χ1v) is 12.0. The third-order valence-corrected chi connectivity index (χ3v) is 5.48. The third-order valence-electron chi connectivity index (χ3n) is 4.29. The van der Waals surface area contributed by atoms with Gasteiger partial charge in [0.2, 0.25) is 6.79 Å². The fraction of sp³-hybridized carbons (Fsp3) is 0.409. The molecule has 3 rings (SSSR count). The Morgan fingerprint density at radius 3 is 2.03 bits per heavy atom. The lowest BCUT2D eigenvalue weighted by Crippen LogP contribution is -2.16. The van der Waals surface area contributed by atoms with Crippen LogP contribution in [0.15, 0.2) is 39.3 Å². The molecule has 0 saturated heterocycles. The van der Waals surface area contributed by atoms with E-state index in [0.717, 1.165) is 9.99 Å². The number of aromatic nitrogens is 2. The van der Waals surface area contributed by atoms with Crippen molar-refractivity contribution in [1.82, 2.24) is 9.97 Å². The number of rotatable bonds is 14. The summed E-state index contributed by atoms with van der Waals surface area (Å²) in [6.45, 7) is 1.70. The maximum absolute atomic E-state index is 11.8. The lowest BCUT2D eigenvalue weighted by atomic mass is 10.2. The summed E-state index contributed by atoms with van der Waals surface area (Å²) in [5.41, 5.74) is 2.61. The van der Waals surface area contributed by atoms with Gasteiger partial charge in [0.1, 0.15) is 17.6 Å². The van der Waals surface area contributed by atoms with Crippen molar-refractivity contribution in [2.75, 3.05) is 59.6 Å². The number of carbonyl (C=O) groups excluding carboxylic acids is 1. The molecule has 0 spiro atoms. The van der Waals surface area contributed by atoms with Crippen LogP contribution in [0, 0.1) is 0 Å². The number of aliphatic hydroxyl groups is 1. The minimum atomic E-state index is -0.880. The van der Waals surface area contributed by atoms with E-state index >= 15 is 0 Å². The fourth-order valence-corrected chi connectivity index (χ4v) is 4.13. The molecule has 0 unspecified atom stereocenters. The smallest absolute Gasteiger partial charge is 0.454 e. The van der Waals surface area contributed by atoms with Crippen LogP contribution in [0.3, 0.4) is 0 Å². The second-order valence-corrected chi connectivity index (χ2v) is 8.35. The monoisotopic (exact) mass is 602 g/mol. The molecular formula is C22H24Br2N2O8. The standard InChI is InChI=1S/C22H24Br2N2O8/c23-15-13-16(24)21(20-19(15)25-17-3-1-2-4-18(17)26-20)33-14-34-22(28)32-12-11-31-10-9-30-8-7-29-6-5-27/h1-4,13,27H,5-12,14H2. The number of nitrogens with zero attached hydrogens (tertiary/aromatic N) is 2. The lowest BCUT2D eigenvalue weighted by Gasteiger charge is -2.13. The van der Waals surface area contributed by atoms with E-state index in [1.54, 1.807) is 6.07 Å². The van der Waals surface area contributed by atoms with E-state index in [0.29, 0.717) is 59.8 Å². The van der Waals surface area contributed by atoms with E-state index < -0.39 is 6.16 Å². The Morgan fingerprint density at radius 1 is 0.794 bits per heavy atom. The van der Waals surface area contributed by atoms with Gasteiger partial charge >= 0.3 is 6.16 Å². The summed E-state index contributed by atoms with van der Waals surface area (Å²) in [4.78, 5) is 21.1. The van der Waals surface area contributed by atoms with Crippen molar-refractivity contribution in [2.24, 2.45) is 0 Å². The predicted octanol–water partition coefficient (Wildman–Crippen LogP) is 3.84. The van der Waals surface area contributed by atoms with Gasteiger partial charge in [-0.25, -0.2) is 14.8 Å². The second-order valence-electron chi connectivity index (χ2n) is 6.64. The molecule has 0 radical (unpaired) electrons. The zero-order valence-corrected chi connectivity index (χ0v) is 21.4. The van der Waals surface area contributed by atoms with Gasteiger partial charge in [0.15, 0.2) is 5.75 Å². The maximum atomic E-state index is 11.8. The van der Waals surface area contributed by atoms with Gasteiger partial charge < -0.3 is 33.5 Å². The SMILES string of the molecule is O=C(OCCOCCOCCOCCO)OCOc1c(Br)cc(Br)c2nc3ccccc3nc12.